The third-order valence-corrected chi connectivity index (χ3v) is 10.8. The zero-order valence-corrected chi connectivity index (χ0v) is 41.1. The Labute approximate surface area is 380 Å². The third-order valence-electron chi connectivity index (χ3n) is 10.8. The van der Waals surface area contributed by atoms with E-state index >= 15 is 0 Å². The van der Waals surface area contributed by atoms with Crippen molar-refractivity contribution >= 4 is 0 Å². The maximum absolute atomic E-state index is 9.52. The molecule has 0 saturated heterocycles. The van der Waals surface area contributed by atoms with Crippen LogP contribution in [-0.2, 0) is 38.5 Å². The van der Waals surface area contributed by atoms with Crippen LogP contribution in [0, 0.1) is 62.3 Å². The van der Waals surface area contributed by atoms with Gasteiger partial charge in [0.25, 0.3) is 0 Å². The maximum atomic E-state index is 9.52. The number of hydrogen-bond acceptors (Lipinski definition) is 6. The molecule has 6 N–H and O–H groups in total. The molecule has 0 bridgehead atoms. The van der Waals surface area contributed by atoms with Crippen LogP contribution in [0.2, 0.25) is 0 Å². The minimum Gasteiger partial charge on any atom is -0.507 e. The summed E-state index contributed by atoms with van der Waals surface area (Å²) in [7, 11) is 0. The molecule has 342 valence electrons. The number of aryl methyl sites for hydroxylation is 15. The number of phenols is 6. The van der Waals surface area contributed by atoms with E-state index in [4.69, 9.17) is 0 Å². The first-order valence-electron chi connectivity index (χ1n) is 22.4. The van der Waals surface area contributed by atoms with Gasteiger partial charge in [0.1, 0.15) is 34.5 Å². The molecule has 0 aliphatic carbocycles. The fraction of sp³-hybridized carbons (Fsp3) is 0.368. The smallest absolute Gasteiger partial charge is 0.121 e. The van der Waals surface area contributed by atoms with Gasteiger partial charge in [-0.2, -0.15) is 0 Å². The Morgan fingerprint density at radius 2 is 0.444 bits per heavy atom. The summed E-state index contributed by atoms with van der Waals surface area (Å²) in [6, 6.07) is 29.5. The van der Waals surface area contributed by atoms with Gasteiger partial charge in [-0.15, -0.1) is 0 Å². The van der Waals surface area contributed by atoms with Crippen LogP contribution in [0.25, 0.3) is 0 Å². The molecule has 6 aromatic carbocycles. The number of phenolic OH excluding ortho intramolecular Hbond substituents is 6. The van der Waals surface area contributed by atoms with Crippen molar-refractivity contribution in [3.63, 3.8) is 0 Å². The Kier molecular flexibility index (Phi) is 24.5. The number of hydrogen-bond donors (Lipinski definition) is 6. The molecule has 0 aliphatic heterocycles. The molecule has 6 heteroatoms. The SMILES string of the molecule is CCc1cc(C)cc(C)c1O.CCc1cc(C)cc(C)c1O.CCc1cc(C)cc(C)c1O.CCc1cccc(C)c1O.CCc1cccc(C)c1O.CCc1cccc(C)c1O. The average Bonchev–Trinajstić information content (AvgIpc) is 3.26. The van der Waals surface area contributed by atoms with Crippen LogP contribution in [0.3, 0.4) is 0 Å². The van der Waals surface area contributed by atoms with Gasteiger partial charge in [-0.05, 0) is 168 Å². The van der Waals surface area contributed by atoms with E-state index in [9.17, 15) is 30.6 Å². The highest BCUT2D eigenvalue weighted by Gasteiger charge is 2.05. The lowest BCUT2D eigenvalue weighted by Gasteiger charge is -2.05. The topological polar surface area (TPSA) is 121 Å². The van der Waals surface area contributed by atoms with E-state index in [1.165, 1.54) is 16.7 Å². The zero-order chi connectivity index (χ0) is 48.0. The zero-order valence-electron chi connectivity index (χ0n) is 41.1. The van der Waals surface area contributed by atoms with Crippen LogP contribution >= 0.6 is 0 Å². The molecule has 0 saturated carbocycles. The second-order valence-electron chi connectivity index (χ2n) is 16.1. The van der Waals surface area contributed by atoms with Gasteiger partial charge in [0, 0.05) is 0 Å². The van der Waals surface area contributed by atoms with E-state index in [0.29, 0.717) is 34.5 Å². The van der Waals surface area contributed by atoms with E-state index in [1.54, 1.807) is 0 Å². The first-order valence-corrected chi connectivity index (χ1v) is 22.4. The van der Waals surface area contributed by atoms with E-state index < -0.39 is 0 Å². The number of benzene rings is 6. The van der Waals surface area contributed by atoms with Crippen LogP contribution in [0.15, 0.2) is 91.0 Å². The minimum absolute atomic E-state index is 0.449. The van der Waals surface area contributed by atoms with Gasteiger partial charge in [0.05, 0.1) is 0 Å². The summed E-state index contributed by atoms with van der Waals surface area (Å²) in [5, 5.41) is 56.8. The van der Waals surface area contributed by atoms with Crippen LogP contribution in [0.1, 0.15) is 125 Å². The van der Waals surface area contributed by atoms with Crippen LogP contribution in [0.5, 0.6) is 34.5 Å². The molecule has 0 fully saturated rings. The van der Waals surface area contributed by atoms with Crippen molar-refractivity contribution in [2.45, 2.75) is 142 Å². The summed E-state index contributed by atoms with van der Waals surface area (Å²) in [6.07, 6.45) is 5.38. The molecule has 0 spiro atoms. The lowest BCUT2D eigenvalue weighted by atomic mass is 10.0. The first kappa shape index (κ1) is 55.1. The van der Waals surface area contributed by atoms with Crippen molar-refractivity contribution in [3.05, 3.63) is 174 Å². The van der Waals surface area contributed by atoms with Gasteiger partial charge in [0.2, 0.25) is 0 Å². The second-order valence-corrected chi connectivity index (χ2v) is 16.1. The number of para-hydroxylation sites is 3. The fourth-order valence-corrected chi connectivity index (χ4v) is 6.97. The van der Waals surface area contributed by atoms with Crippen molar-refractivity contribution in [2.75, 3.05) is 0 Å². The summed E-state index contributed by atoms with van der Waals surface area (Å²) < 4.78 is 0. The highest BCUT2D eigenvalue weighted by Crippen LogP contribution is 2.27. The van der Waals surface area contributed by atoms with Gasteiger partial charge >= 0.3 is 0 Å². The van der Waals surface area contributed by atoms with Crippen molar-refractivity contribution in [3.8, 4) is 34.5 Å². The predicted molar refractivity (Wildman–Crippen MR) is 268 cm³/mol. The van der Waals surface area contributed by atoms with Gasteiger partial charge in [0.15, 0.2) is 0 Å². The van der Waals surface area contributed by atoms with Crippen molar-refractivity contribution in [1.82, 2.24) is 0 Å². The summed E-state index contributed by atoms with van der Waals surface area (Å²) >= 11 is 0. The molecular formula is C57H78O6. The second kappa shape index (κ2) is 27.9. The monoisotopic (exact) mass is 859 g/mol. The van der Waals surface area contributed by atoms with Gasteiger partial charge < -0.3 is 30.6 Å². The van der Waals surface area contributed by atoms with Crippen LogP contribution in [0.4, 0.5) is 0 Å². The molecule has 0 radical (unpaired) electrons. The van der Waals surface area contributed by atoms with E-state index in [1.807, 2.05) is 195 Å². The van der Waals surface area contributed by atoms with Crippen molar-refractivity contribution in [1.29, 1.82) is 0 Å². The molecule has 0 aliphatic rings. The molecule has 0 unspecified atom stereocenters. The van der Waals surface area contributed by atoms with Gasteiger partial charge in [-0.25, -0.2) is 0 Å². The van der Waals surface area contributed by atoms with E-state index in [2.05, 4.69) is 0 Å². The van der Waals surface area contributed by atoms with Crippen LogP contribution in [-0.4, -0.2) is 30.6 Å². The predicted octanol–water partition coefficient (Wildman–Crippen LogP) is 14.5. The Hall–Kier alpha value is -5.88. The average molecular weight is 859 g/mol. The third kappa shape index (κ3) is 17.8. The fourth-order valence-electron chi connectivity index (χ4n) is 6.97. The highest BCUT2D eigenvalue weighted by atomic mass is 16.3. The first-order chi connectivity index (χ1) is 29.7. The largest absolute Gasteiger partial charge is 0.507 e. The molecular weight excluding hydrogens is 781 g/mol. The lowest BCUT2D eigenvalue weighted by molar-refractivity contribution is 0.464. The number of rotatable bonds is 6. The van der Waals surface area contributed by atoms with E-state index in [0.717, 1.165) is 105 Å². The summed E-state index contributed by atoms with van der Waals surface area (Å²) in [5.74, 6) is 2.72. The molecule has 0 aromatic heterocycles. The molecule has 63 heavy (non-hydrogen) atoms. The number of aromatic hydroxyl groups is 6. The Bertz CT molecular complexity index is 2060. The van der Waals surface area contributed by atoms with Crippen molar-refractivity contribution < 1.29 is 30.6 Å². The molecule has 6 rings (SSSR count). The molecule has 0 heterocycles. The standard InChI is InChI=1S/3C10H14O.3C9H12O/c3*1-4-9-6-7(2)5-8(3)10(9)11;3*1-3-8-6-4-5-7(2)9(8)10/h3*5-6,11H,4H2,1-3H3;3*4-6,10H,3H2,1-2H3. The van der Waals surface area contributed by atoms with E-state index in [-0.39, 0.29) is 0 Å². The quantitative estimate of drug-likeness (QED) is 0.0992. The summed E-state index contributed by atoms with van der Waals surface area (Å²) in [4.78, 5) is 0. The van der Waals surface area contributed by atoms with Crippen LogP contribution < -0.4 is 0 Å². The molecule has 6 nitrogen and oxygen atoms in total. The Balaban J connectivity index is 0.000000378. The normalized spacial score (nSPS) is 9.95. The summed E-state index contributed by atoms with van der Waals surface area (Å²) in [6.45, 7) is 29.9. The Morgan fingerprint density at radius 3 is 0.619 bits per heavy atom. The van der Waals surface area contributed by atoms with Crippen molar-refractivity contribution in [2.24, 2.45) is 0 Å². The van der Waals surface area contributed by atoms with Gasteiger partial charge in [-0.1, -0.05) is 149 Å². The molecule has 0 atom stereocenters. The van der Waals surface area contributed by atoms with Gasteiger partial charge in [-0.3, -0.25) is 0 Å². The molecule has 0 amide bonds. The highest BCUT2D eigenvalue weighted by molar-refractivity contribution is 5.45. The minimum atomic E-state index is 0.449. The summed E-state index contributed by atoms with van der Waals surface area (Å²) in [5.41, 5.74) is 15.7. The lowest BCUT2D eigenvalue weighted by Crippen LogP contribution is -1.86. The molecule has 6 aromatic rings. The maximum Gasteiger partial charge on any atom is 0.121 e. The Morgan fingerprint density at radius 1 is 0.254 bits per heavy atom.